The zero-order valence-corrected chi connectivity index (χ0v) is 20.6. The Morgan fingerprint density at radius 3 is 2.06 bits per heavy atom. The molecule has 9 heteroatoms. The van der Waals surface area contributed by atoms with Crippen LogP contribution in [0.2, 0.25) is 0 Å². The number of carboxylic acids is 1. The second kappa shape index (κ2) is 8.81. The zero-order valence-electron chi connectivity index (χ0n) is 20.6. The van der Waals surface area contributed by atoms with Crippen molar-refractivity contribution in [3.63, 3.8) is 0 Å². The molecule has 1 aliphatic carbocycles. The maximum atomic E-state index is 13.1. The van der Waals surface area contributed by atoms with Gasteiger partial charge in [-0.1, -0.05) is 48.5 Å². The van der Waals surface area contributed by atoms with Crippen LogP contribution >= 0.6 is 0 Å². The third-order valence-corrected chi connectivity index (χ3v) is 6.74. The van der Waals surface area contributed by atoms with Crippen LogP contribution in [0.25, 0.3) is 11.1 Å². The van der Waals surface area contributed by atoms with Gasteiger partial charge in [0.1, 0.15) is 17.8 Å². The van der Waals surface area contributed by atoms with Crippen molar-refractivity contribution in [3.05, 3.63) is 59.7 Å². The van der Waals surface area contributed by atoms with Crippen LogP contribution in [0.4, 0.5) is 9.59 Å². The van der Waals surface area contributed by atoms with E-state index in [2.05, 4.69) is 12.1 Å². The first-order valence-corrected chi connectivity index (χ1v) is 12.0. The van der Waals surface area contributed by atoms with Crippen molar-refractivity contribution in [2.45, 2.75) is 44.0 Å². The minimum absolute atomic E-state index is 0.0991. The number of amides is 2. The van der Waals surface area contributed by atoms with E-state index in [1.165, 1.54) is 9.80 Å². The number of benzene rings is 2. The number of carbonyl (C=O) groups excluding carboxylic acids is 2. The van der Waals surface area contributed by atoms with E-state index in [1.54, 1.807) is 20.8 Å². The molecule has 3 aliphatic rings. The number of nitrogens with zero attached hydrogens (tertiary/aromatic N) is 2. The summed E-state index contributed by atoms with van der Waals surface area (Å²) >= 11 is 0. The van der Waals surface area contributed by atoms with Gasteiger partial charge in [-0.3, -0.25) is 0 Å². The molecule has 2 aromatic carbocycles. The van der Waals surface area contributed by atoms with Crippen LogP contribution in [-0.2, 0) is 19.0 Å². The molecule has 2 fully saturated rings. The number of carbonyl (C=O) groups is 3. The molecule has 5 rings (SSSR count). The maximum Gasteiger partial charge on any atom is 0.410 e. The molecule has 1 spiro atoms. The molecule has 1 unspecified atom stereocenters. The van der Waals surface area contributed by atoms with E-state index < -0.39 is 35.5 Å². The number of ether oxygens (including phenoxy) is 3. The number of hydrogen-bond acceptors (Lipinski definition) is 6. The molecule has 2 amide bonds. The monoisotopic (exact) mass is 494 g/mol. The summed E-state index contributed by atoms with van der Waals surface area (Å²) in [5, 5.41) is 9.63. The first-order valence-electron chi connectivity index (χ1n) is 12.0. The molecule has 0 bridgehead atoms. The van der Waals surface area contributed by atoms with Crippen molar-refractivity contribution >= 4 is 18.2 Å². The number of rotatable bonds is 3. The molecule has 1 atom stereocenters. The standard InChI is InChI=1S/C27H30N2O7/c1-26(2,3)36-25(33)29-15-27(16-29)14-28(12-22(35-27)23(30)31)24(32)34-13-21-19-10-6-4-8-17(19)18-9-5-7-11-20(18)21/h4-11,21-22H,12-16H2,1-3H3,(H,30,31). The van der Waals surface area contributed by atoms with Crippen LogP contribution in [0, 0.1) is 0 Å². The van der Waals surface area contributed by atoms with Gasteiger partial charge in [-0.25, -0.2) is 14.4 Å². The Labute approximate surface area is 209 Å². The lowest BCUT2D eigenvalue weighted by atomic mass is 9.91. The van der Waals surface area contributed by atoms with E-state index in [1.807, 2.05) is 36.4 Å². The second-order valence-corrected chi connectivity index (χ2v) is 10.6. The van der Waals surface area contributed by atoms with Crippen LogP contribution in [0.3, 0.4) is 0 Å². The summed E-state index contributed by atoms with van der Waals surface area (Å²) in [6.07, 6.45) is -2.30. The molecule has 2 heterocycles. The summed E-state index contributed by atoms with van der Waals surface area (Å²) in [7, 11) is 0. The smallest absolute Gasteiger partial charge is 0.410 e. The van der Waals surface area contributed by atoms with Gasteiger partial charge in [-0.15, -0.1) is 0 Å². The predicted octanol–water partition coefficient (Wildman–Crippen LogP) is 3.71. The van der Waals surface area contributed by atoms with Crippen LogP contribution in [-0.4, -0.2) is 83.2 Å². The predicted molar refractivity (Wildman–Crippen MR) is 130 cm³/mol. The largest absolute Gasteiger partial charge is 0.479 e. The van der Waals surface area contributed by atoms with Crippen molar-refractivity contribution in [3.8, 4) is 11.1 Å². The number of likely N-dealkylation sites (tertiary alicyclic amines) is 1. The highest BCUT2D eigenvalue weighted by atomic mass is 16.6. The van der Waals surface area contributed by atoms with Crippen molar-refractivity contribution < 1.29 is 33.7 Å². The third-order valence-electron chi connectivity index (χ3n) is 6.74. The number of carboxylic acid groups (broad SMARTS) is 1. The molecule has 1 N–H and O–H groups in total. The van der Waals surface area contributed by atoms with Gasteiger partial charge >= 0.3 is 18.2 Å². The lowest BCUT2D eigenvalue weighted by Crippen LogP contribution is -2.74. The Balaban J connectivity index is 1.27. The zero-order chi connectivity index (χ0) is 25.7. The van der Waals surface area contributed by atoms with Crippen LogP contribution < -0.4 is 0 Å². The van der Waals surface area contributed by atoms with E-state index >= 15 is 0 Å². The molecule has 9 nitrogen and oxygen atoms in total. The lowest BCUT2D eigenvalue weighted by molar-refractivity contribution is -0.214. The highest BCUT2D eigenvalue weighted by Gasteiger charge is 2.54. The Morgan fingerprint density at radius 1 is 0.944 bits per heavy atom. The summed E-state index contributed by atoms with van der Waals surface area (Å²) in [4.78, 5) is 40.1. The van der Waals surface area contributed by atoms with Crippen molar-refractivity contribution in [2.75, 3.05) is 32.8 Å². The topological polar surface area (TPSA) is 106 Å². The fourth-order valence-electron chi connectivity index (χ4n) is 5.22. The number of aliphatic carboxylic acids is 1. The molecule has 2 aliphatic heterocycles. The van der Waals surface area contributed by atoms with E-state index in [9.17, 15) is 19.5 Å². The number of hydrogen-bond donors (Lipinski definition) is 1. The van der Waals surface area contributed by atoms with E-state index in [0.29, 0.717) is 0 Å². The Bertz CT molecular complexity index is 1150. The van der Waals surface area contributed by atoms with Crippen molar-refractivity contribution in [2.24, 2.45) is 0 Å². The molecule has 36 heavy (non-hydrogen) atoms. The fraction of sp³-hybridized carbons (Fsp3) is 0.444. The van der Waals surface area contributed by atoms with E-state index in [4.69, 9.17) is 14.2 Å². The summed E-state index contributed by atoms with van der Waals surface area (Å²) in [5.74, 6) is -1.26. The first kappa shape index (κ1) is 24.1. The van der Waals surface area contributed by atoms with Gasteiger partial charge in [0.05, 0.1) is 26.2 Å². The summed E-state index contributed by atoms with van der Waals surface area (Å²) in [6, 6.07) is 16.1. The molecule has 0 saturated carbocycles. The van der Waals surface area contributed by atoms with Crippen molar-refractivity contribution in [1.29, 1.82) is 0 Å². The first-order chi connectivity index (χ1) is 17.1. The third kappa shape index (κ3) is 4.51. The summed E-state index contributed by atoms with van der Waals surface area (Å²) in [5.41, 5.74) is 2.83. The van der Waals surface area contributed by atoms with Gasteiger partial charge in [0, 0.05) is 5.92 Å². The maximum absolute atomic E-state index is 13.1. The van der Waals surface area contributed by atoms with Gasteiger partial charge in [0.2, 0.25) is 0 Å². The quantitative estimate of drug-likeness (QED) is 0.693. The Kier molecular flexibility index (Phi) is 5.90. The molecular formula is C27H30N2O7. The summed E-state index contributed by atoms with van der Waals surface area (Å²) in [6.45, 7) is 5.74. The van der Waals surface area contributed by atoms with Gasteiger partial charge in [0.25, 0.3) is 0 Å². The van der Waals surface area contributed by atoms with Gasteiger partial charge in [-0.05, 0) is 43.0 Å². The van der Waals surface area contributed by atoms with Crippen LogP contribution in [0.1, 0.15) is 37.8 Å². The second-order valence-electron chi connectivity index (χ2n) is 10.6. The van der Waals surface area contributed by atoms with Crippen molar-refractivity contribution in [1.82, 2.24) is 9.80 Å². The lowest BCUT2D eigenvalue weighted by Gasteiger charge is -2.54. The minimum Gasteiger partial charge on any atom is -0.479 e. The van der Waals surface area contributed by atoms with Crippen LogP contribution in [0.5, 0.6) is 0 Å². The highest BCUT2D eigenvalue weighted by molar-refractivity contribution is 5.79. The minimum atomic E-state index is -1.21. The normalized spacial score (nSPS) is 20.4. The molecule has 0 radical (unpaired) electrons. The molecule has 0 aromatic heterocycles. The average molecular weight is 495 g/mol. The van der Waals surface area contributed by atoms with E-state index in [0.717, 1.165) is 22.3 Å². The molecular weight excluding hydrogens is 464 g/mol. The molecule has 2 aromatic rings. The number of fused-ring (bicyclic) bond motifs is 3. The SMILES string of the molecule is CC(C)(C)OC(=O)N1CC2(CN(C(=O)OCC3c4ccccc4-c4ccccc43)CC(C(=O)O)O2)C1. The fourth-order valence-corrected chi connectivity index (χ4v) is 5.22. The highest BCUT2D eigenvalue weighted by Crippen LogP contribution is 2.44. The van der Waals surface area contributed by atoms with Gasteiger partial charge in [0.15, 0.2) is 6.10 Å². The van der Waals surface area contributed by atoms with Crippen LogP contribution in [0.15, 0.2) is 48.5 Å². The molecule has 190 valence electrons. The number of morpholine rings is 1. The van der Waals surface area contributed by atoms with Gasteiger partial charge < -0.3 is 29.1 Å². The summed E-state index contributed by atoms with van der Waals surface area (Å²) < 4.78 is 17.0. The van der Waals surface area contributed by atoms with E-state index in [-0.39, 0.29) is 38.7 Å². The Hall–Kier alpha value is -3.59. The molecule has 2 saturated heterocycles. The van der Waals surface area contributed by atoms with Gasteiger partial charge in [-0.2, -0.15) is 0 Å². The average Bonchev–Trinajstić information content (AvgIpc) is 3.13. The Morgan fingerprint density at radius 2 is 1.50 bits per heavy atom.